The summed E-state index contributed by atoms with van der Waals surface area (Å²) in [5, 5.41) is 1.14. The van der Waals surface area contributed by atoms with Crippen molar-refractivity contribution in [2.45, 2.75) is 27.0 Å². The van der Waals surface area contributed by atoms with Gasteiger partial charge in [-0.3, -0.25) is 0 Å². The van der Waals surface area contributed by atoms with Crippen LogP contribution in [-0.2, 0) is 17.9 Å². The van der Waals surface area contributed by atoms with Gasteiger partial charge in [-0.2, -0.15) is 0 Å². The van der Waals surface area contributed by atoms with E-state index < -0.39 is 5.97 Å². The fourth-order valence-corrected chi connectivity index (χ4v) is 5.05. The van der Waals surface area contributed by atoms with Crippen molar-refractivity contribution < 1.29 is 14.3 Å². The maximum atomic E-state index is 12.2. The van der Waals surface area contributed by atoms with Crippen LogP contribution in [-0.4, -0.2) is 22.6 Å². The van der Waals surface area contributed by atoms with Crippen LogP contribution in [0, 0.1) is 13.8 Å². The lowest BCUT2D eigenvalue weighted by molar-refractivity contribution is 0.0597. The average Bonchev–Trinajstić information content (AvgIpc) is 3.24. The number of esters is 1. The second-order valence-electron chi connectivity index (χ2n) is 9.07. The van der Waals surface area contributed by atoms with E-state index in [2.05, 4.69) is 28.8 Å². The van der Waals surface area contributed by atoms with Crippen molar-refractivity contribution in [2.24, 2.45) is 0 Å². The van der Waals surface area contributed by atoms with Gasteiger partial charge >= 0.3 is 5.97 Å². The molecule has 0 aliphatic rings. The van der Waals surface area contributed by atoms with Crippen molar-refractivity contribution in [3.63, 3.8) is 0 Å². The Kier molecular flexibility index (Phi) is 7.41. The molecule has 0 radical (unpaired) electrons. The first kappa shape index (κ1) is 25.8. The number of aromatic nitrogens is 2. The van der Waals surface area contributed by atoms with Crippen molar-refractivity contribution in [2.75, 3.05) is 7.11 Å². The van der Waals surface area contributed by atoms with Gasteiger partial charge in [0.1, 0.15) is 18.2 Å². The highest BCUT2D eigenvalue weighted by molar-refractivity contribution is 6.32. The van der Waals surface area contributed by atoms with Crippen LogP contribution in [0.25, 0.3) is 22.2 Å². The third kappa shape index (κ3) is 5.13. The second-order valence-corrected chi connectivity index (χ2v) is 9.89. The van der Waals surface area contributed by atoms with Crippen molar-refractivity contribution in [1.29, 1.82) is 0 Å². The van der Waals surface area contributed by atoms with Gasteiger partial charge in [-0.25, -0.2) is 9.78 Å². The van der Waals surface area contributed by atoms with Crippen LogP contribution in [0.3, 0.4) is 0 Å². The van der Waals surface area contributed by atoms with Gasteiger partial charge in [0, 0.05) is 21.7 Å². The van der Waals surface area contributed by atoms with Crippen LogP contribution in [0.1, 0.15) is 32.9 Å². The number of rotatable bonds is 7. The molecule has 0 atom stereocenters. The zero-order valence-corrected chi connectivity index (χ0v) is 22.8. The van der Waals surface area contributed by atoms with Gasteiger partial charge in [-0.05, 0) is 60.4 Å². The molecule has 1 heterocycles. The summed E-state index contributed by atoms with van der Waals surface area (Å²) in [4.78, 5) is 17.0. The lowest BCUT2D eigenvalue weighted by Crippen LogP contribution is -2.09. The maximum Gasteiger partial charge on any atom is 0.338 e. The first-order valence-corrected chi connectivity index (χ1v) is 12.9. The Balaban J connectivity index is 1.45. The quantitative estimate of drug-likeness (QED) is 0.194. The third-order valence-electron chi connectivity index (χ3n) is 6.60. The van der Waals surface area contributed by atoms with E-state index in [4.69, 9.17) is 37.7 Å². The molecule has 0 aliphatic heterocycles. The fraction of sp³-hybridized carbons (Fsp3) is 0.161. The largest absolute Gasteiger partial charge is 0.489 e. The number of ether oxygens (including phenoxy) is 2. The Bertz CT molecular complexity index is 1640. The summed E-state index contributed by atoms with van der Waals surface area (Å²) in [7, 11) is 1.34. The zero-order valence-electron chi connectivity index (χ0n) is 21.3. The number of hydrogen-bond acceptors (Lipinski definition) is 4. The Hall–Kier alpha value is -3.80. The number of halogens is 2. The molecule has 0 saturated heterocycles. The van der Waals surface area contributed by atoms with E-state index in [1.165, 1.54) is 7.11 Å². The Labute approximate surface area is 231 Å². The van der Waals surface area contributed by atoms with Crippen molar-refractivity contribution >= 4 is 40.2 Å². The van der Waals surface area contributed by atoms with E-state index in [0.717, 1.165) is 39.1 Å². The number of imidazole rings is 1. The smallest absolute Gasteiger partial charge is 0.338 e. The van der Waals surface area contributed by atoms with Gasteiger partial charge in [-0.15, -0.1) is 0 Å². The highest BCUT2D eigenvalue weighted by Gasteiger charge is 2.17. The molecule has 5 aromatic rings. The summed E-state index contributed by atoms with van der Waals surface area (Å²) in [6.07, 6.45) is 0. The summed E-state index contributed by atoms with van der Waals surface area (Å²) >= 11 is 13.1. The summed E-state index contributed by atoms with van der Waals surface area (Å²) in [6.45, 7) is 4.67. The van der Waals surface area contributed by atoms with Gasteiger partial charge in [0.25, 0.3) is 0 Å². The van der Waals surface area contributed by atoms with Crippen molar-refractivity contribution in [3.05, 3.63) is 117 Å². The number of carbonyl (C=O) groups is 1. The van der Waals surface area contributed by atoms with Crippen molar-refractivity contribution in [1.82, 2.24) is 9.55 Å². The minimum absolute atomic E-state index is 0.120. The van der Waals surface area contributed by atoms with Crippen LogP contribution < -0.4 is 4.74 Å². The Morgan fingerprint density at radius 1 is 0.895 bits per heavy atom. The van der Waals surface area contributed by atoms with E-state index >= 15 is 0 Å². The van der Waals surface area contributed by atoms with Crippen LogP contribution in [0.4, 0.5) is 0 Å². The molecular weight excluding hydrogens is 519 g/mol. The van der Waals surface area contributed by atoms with Gasteiger partial charge in [0.15, 0.2) is 0 Å². The Morgan fingerprint density at radius 2 is 1.68 bits per heavy atom. The molecule has 5 nitrogen and oxygen atoms in total. The Morgan fingerprint density at radius 3 is 2.42 bits per heavy atom. The first-order valence-electron chi connectivity index (χ1n) is 12.2. The molecule has 0 unspecified atom stereocenters. The minimum Gasteiger partial charge on any atom is -0.489 e. The standard InChI is InChI=1S/C31H26Cl2N2O3/c1-19-14-24(38-18-26-25(31(36)37-3)10-7-11-27(26)32)16-29-30(19)34-20(2)35(29)17-23-13-12-22(15-28(23)33)21-8-5-4-6-9-21/h4-16H,17-18H2,1-3H3. The number of aryl methyl sites for hydroxylation is 2. The summed E-state index contributed by atoms with van der Waals surface area (Å²) in [5.41, 5.74) is 6.98. The molecule has 1 aromatic heterocycles. The molecule has 38 heavy (non-hydrogen) atoms. The highest BCUT2D eigenvalue weighted by Crippen LogP contribution is 2.31. The molecule has 0 aliphatic carbocycles. The van der Waals surface area contributed by atoms with E-state index in [1.54, 1.807) is 18.2 Å². The number of carbonyl (C=O) groups excluding carboxylic acids is 1. The molecule has 7 heteroatoms. The average molecular weight is 545 g/mol. The molecule has 192 valence electrons. The van der Waals surface area contributed by atoms with Crippen molar-refractivity contribution in [3.8, 4) is 16.9 Å². The molecule has 0 N–H and O–H groups in total. The van der Waals surface area contributed by atoms with Gasteiger partial charge < -0.3 is 14.0 Å². The number of benzene rings is 4. The molecule has 4 aromatic carbocycles. The monoisotopic (exact) mass is 544 g/mol. The predicted molar refractivity (Wildman–Crippen MR) is 152 cm³/mol. The normalized spacial score (nSPS) is 11.1. The highest BCUT2D eigenvalue weighted by atomic mass is 35.5. The van der Waals surface area contributed by atoms with Crippen LogP contribution >= 0.6 is 23.2 Å². The van der Waals surface area contributed by atoms with Crippen LogP contribution in [0.15, 0.2) is 78.9 Å². The molecule has 0 saturated carbocycles. The lowest BCUT2D eigenvalue weighted by Gasteiger charge is -2.14. The summed E-state index contributed by atoms with van der Waals surface area (Å²) < 4.78 is 13.2. The third-order valence-corrected chi connectivity index (χ3v) is 7.31. The molecular formula is C31H26Cl2N2O3. The van der Waals surface area contributed by atoms with E-state index in [-0.39, 0.29) is 6.61 Å². The summed E-state index contributed by atoms with van der Waals surface area (Å²) in [6, 6.07) is 25.3. The fourth-order valence-electron chi connectivity index (χ4n) is 4.58. The first-order chi connectivity index (χ1) is 18.4. The number of methoxy groups -OCH3 is 1. The topological polar surface area (TPSA) is 53.4 Å². The SMILES string of the molecule is COC(=O)c1cccc(Cl)c1COc1cc(C)c2nc(C)n(Cc3ccc(-c4ccccc4)cc3Cl)c2c1. The van der Waals surface area contributed by atoms with E-state index in [9.17, 15) is 4.79 Å². The van der Waals surface area contributed by atoms with Crippen LogP contribution in [0.2, 0.25) is 10.0 Å². The lowest BCUT2D eigenvalue weighted by atomic mass is 10.0. The van der Waals surface area contributed by atoms with E-state index in [1.807, 2.05) is 50.2 Å². The molecule has 0 spiro atoms. The molecule has 0 amide bonds. The maximum absolute atomic E-state index is 12.2. The zero-order chi connectivity index (χ0) is 26.8. The minimum atomic E-state index is -0.457. The summed E-state index contributed by atoms with van der Waals surface area (Å²) in [5.74, 6) is 1.07. The number of nitrogens with zero attached hydrogens (tertiary/aromatic N) is 2. The molecule has 0 fully saturated rings. The van der Waals surface area contributed by atoms with E-state index in [0.29, 0.717) is 33.5 Å². The molecule has 0 bridgehead atoms. The van der Waals surface area contributed by atoms with Gasteiger partial charge in [-0.1, -0.05) is 71.7 Å². The predicted octanol–water partition coefficient (Wildman–Crippen LogP) is 8.04. The van der Waals surface area contributed by atoms with Gasteiger partial charge in [0.05, 0.1) is 30.3 Å². The van der Waals surface area contributed by atoms with Crippen LogP contribution in [0.5, 0.6) is 5.75 Å². The molecule has 5 rings (SSSR count). The number of hydrogen-bond donors (Lipinski definition) is 0. The second kappa shape index (κ2) is 10.9. The van der Waals surface area contributed by atoms with Gasteiger partial charge in [0.2, 0.25) is 0 Å². The number of fused-ring (bicyclic) bond motifs is 1.